The molecule has 1 unspecified atom stereocenters. The van der Waals surface area contributed by atoms with Gasteiger partial charge < -0.3 is 20.6 Å². The highest BCUT2D eigenvalue weighted by Gasteiger charge is 2.21. The minimum Gasteiger partial charge on any atom is -0.390 e. The first kappa shape index (κ1) is 22.6. The number of rotatable bonds is 7. The van der Waals surface area contributed by atoms with Crippen LogP contribution in [-0.4, -0.2) is 67.4 Å². The van der Waals surface area contributed by atoms with Gasteiger partial charge in [0.15, 0.2) is 5.96 Å². The Kier molecular flexibility index (Phi) is 8.02. The number of nitrogens with zero attached hydrogens (tertiary/aromatic N) is 3. The number of β-amino-alcohol motifs (C(OH)–C–C–N with tert-alkyl or cyclic N) is 1. The summed E-state index contributed by atoms with van der Waals surface area (Å²) in [6.07, 6.45) is 2.75. The van der Waals surface area contributed by atoms with Gasteiger partial charge in [0.25, 0.3) is 0 Å². The second kappa shape index (κ2) is 11.3. The van der Waals surface area contributed by atoms with Gasteiger partial charge in [-0.25, -0.2) is 0 Å². The zero-order valence-corrected chi connectivity index (χ0v) is 19.2. The minimum atomic E-state index is -0.462. The summed E-state index contributed by atoms with van der Waals surface area (Å²) in [6, 6.07) is 19.7. The third-order valence-corrected chi connectivity index (χ3v) is 6.44. The molecule has 172 valence electrons. The molecule has 4 rings (SSSR count). The van der Waals surface area contributed by atoms with Crippen molar-refractivity contribution in [3.05, 3.63) is 65.7 Å². The average Bonchev–Trinajstić information content (AvgIpc) is 2.84. The quantitative estimate of drug-likeness (QED) is 0.461. The van der Waals surface area contributed by atoms with E-state index in [0.717, 1.165) is 57.9 Å². The highest BCUT2D eigenvalue weighted by Crippen LogP contribution is 2.20. The van der Waals surface area contributed by atoms with Gasteiger partial charge in [-0.15, -0.1) is 0 Å². The molecule has 2 aromatic rings. The van der Waals surface area contributed by atoms with E-state index in [1.807, 2.05) is 0 Å². The summed E-state index contributed by atoms with van der Waals surface area (Å²) in [5.74, 6) is 0.814. The van der Waals surface area contributed by atoms with Crippen molar-refractivity contribution in [3.63, 3.8) is 0 Å². The van der Waals surface area contributed by atoms with Crippen molar-refractivity contribution >= 4 is 11.6 Å². The van der Waals surface area contributed by atoms with E-state index in [1.165, 1.54) is 16.8 Å². The third-order valence-electron chi connectivity index (χ3n) is 6.44. The smallest absolute Gasteiger partial charge is 0.191 e. The lowest BCUT2D eigenvalue weighted by Gasteiger charge is -2.34. The summed E-state index contributed by atoms with van der Waals surface area (Å²) < 4.78 is 0. The van der Waals surface area contributed by atoms with Gasteiger partial charge in [-0.2, -0.15) is 0 Å². The molecule has 2 aliphatic rings. The zero-order chi connectivity index (χ0) is 22.2. The number of guanidine groups is 1. The highest BCUT2D eigenvalue weighted by molar-refractivity contribution is 5.80. The molecule has 2 aromatic carbocycles. The van der Waals surface area contributed by atoms with Crippen LogP contribution in [0.25, 0.3) is 0 Å². The Morgan fingerprint density at radius 3 is 2.50 bits per heavy atom. The fourth-order valence-electron chi connectivity index (χ4n) is 4.70. The van der Waals surface area contributed by atoms with Crippen molar-refractivity contribution in [3.8, 4) is 0 Å². The van der Waals surface area contributed by atoms with Crippen molar-refractivity contribution in [2.75, 3.05) is 44.2 Å². The molecule has 0 bridgehead atoms. The van der Waals surface area contributed by atoms with E-state index < -0.39 is 6.10 Å². The van der Waals surface area contributed by atoms with Crippen molar-refractivity contribution in [2.45, 2.75) is 44.9 Å². The molecule has 6 nitrogen and oxygen atoms in total. The predicted molar refractivity (Wildman–Crippen MR) is 132 cm³/mol. The number of aliphatic hydroxyl groups excluding tert-OH is 1. The van der Waals surface area contributed by atoms with E-state index in [9.17, 15) is 5.11 Å². The molecular formula is C26H37N5O. The minimum absolute atomic E-state index is 0.406. The van der Waals surface area contributed by atoms with Crippen LogP contribution in [0.3, 0.4) is 0 Å². The molecule has 1 fully saturated rings. The van der Waals surface area contributed by atoms with Gasteiger partial charge in [0.05, 0.1) is 12.6 Å². The van der Waals surface area contributed by atoms with E-state index in [0.29, 0.717) is 19.1 Å². The largest absolute Gasteiger partial charge is 0.390 e. The number of piperidine rings is 1. The molecule has 6 heteroatoms. The summed E-state index contributed by atoms with van der Waals surface area (Å²) in [4.78, 5) is 9.48. The summed E-state index contributed by atoms with van der Waals surface area (Å²) >= 11 is 0. The molecule has 0 spiro atoms. The van der Waals surface area contributed by atoms with Crippen LogP contribution in [0.2, 0.25) is 0 Å². The Hall–Kier alpha value is -2.57. The molecule has 0 aliphatic carbocycles. The molecule has 0 radical (unpaired) electrons. The Morgan fingerprint density at radius 2 is 1.75 bits per heavy atom. The Morgan fingerprint density at radius 1 is 1.03 bits per heavy atom. The van der Waals surface area contributed by atoms with E-state index in [4.69, 9.17) is 4.99 Å². The Balaban J connectivity index is 1.24. The molecular weight excluding hydrogens is 398 g/mol. The number of hydrogen-bond acceptors (Lipinski definition) is 4. The van der Waals surface area contributed by atoms with Crippen molar-refractivity contribution in [2.24, 2.45) is 4.99 Å². The summed E-state index contributed by atoms with van der Waals surface area (Å²) in [7, 11) is 0. The van der Waals surface area contributed by atoms with E-state index in [-0.39, 0.29) is 0 Å². The fraction of sp³-hybridized carbons (Fsp3) is 0.500. The number of benzene rings is 2. The van der Waals surface area contributed by atoms with Crippen LogP contribution >= 0.6 is 0 Å². The van der Waals surface area contributed by atoms with Crippen LogP contribution < -0.4 is 15.5 Å². The maximum atomic E-state index is 10.6. The van der Waals surface area contributed by atoms with Gasteiger partial charge >= 0.3 is 0 Å². The van der Waals surface area contributed by atoms with Crippen LogP contribution in [-0.2, 0) is 13.0 Å². The Labute approximate surface area is 192 Å². The number of hydrogen-bond donors (Lipinski definition) is 3. The number of aliphatic hydroxyl groups is 1. The van der Waals surface area contributed by atoms with Crippen molar-refractivity contribution in [1.82, 2.24) is 15.5 Å². The summed E-state index contributed by atoms with van der Waals surface area (Å²) in [5.41, 5.74) is 4.12. The molecule has 2 heterocycles. The zero-order valence-electron chi connectivity index (χ0n) is 19.2. The maximum Gasteiger partial charge on any atom is 0.191 e. The lowest BCUT2D eigenvalue weighted by atomic mass is 10.00. The SMILES string of the molecule is CCNC(=NCC(O)CN1CCc2ccccc2C1)NC1CCN(c2ccccc2)CC1. The van der Waals surface area contributed by atoms with E-state index in [1.54, 1.807) is 0 Å². The van der Waals surface area contributed by atoms with Crippen molar-refractivity contribution in [1.29, 1.82) is 0 Å². The van der Waals surface area contributed by atoms with E-state index in [2.05, 4.69) is 82.0 Å². The van der Waals surface area contributed by atoms with Gasteiger partial charge in [-0.1, -0.05) is 42.5 Å². The molecule has 0 amide bonds. The lowest BCUT2D eigenvalue weighted by molar-refractivity contribution is 0.111. The van der Waals surface area contributed by atoms with Gasteiger partial charge in [-0.05, 0) is 49.4 Å². The van der Waals surface area contributed by atoms with Gasteiger partial charge in [0, 0.05) is 51.0 Å². The molecule has 3 N–H and O–H groups in total. The number of fused-ring (bicyclic) bond motifs is 1. The maximum absolute atomic E-state index is 10.6. The van der Waals surface area contributed by atoms with Crippen LogP contribution in [0.5, 0.6) is 0 Å². The Bertz CT molecular complexity index is 864. The third kappa shape index (κ3) is 6.24. The molecule has 2 aliphatic heterocycles. The fourth-order valence-corrected chi connectivity index (χ4v) is 4.70. The molecule has 0 aromatic heterocycles. The predicted octanol–water partition coefficient (Wildman–Crippen LogP) is 2.63. The monoisotopic (exact) mass is 435 g/mol. The topological polar surface area (TPSA) is 63.1 Å². The van der Waals surface area contributed by atoms with Crippen LogP contribution in [0, 0.1) is 0 Å². The highest BCUT2D eigenvalue weighted by atomic mass is 16.3. The first-order valence-corrected chi connectivity index (χ1v) is 12.0. The molecule has 32 heavy (non-hydrogen) atoms. The second-order valence-electron chi connectivity index (χ2n) is 8.87. The van der Waals surface area contributed by atoms with Crippen molar-refractivity contribution < 1.29 is 5.11 Å². The van der Waals surface area contributed by atoms with Crippen LogP contribution in [0.4, 0.5) is 5.69 Å². The normalized spacial score (nSPS) is 18.8. The second-order valence-corrected chi connectivity index (χ2v) is 8.87. The van der Waals surface area contributed by atoms with Gasteiger partial charge in [-0.3, -0.25) is 9.89 Å². The van der Waals surface area contributed by atoms with Crippen LogP contribution in [0.1, 0.15) is 30.9 Å². The first-order valence-electron chi connectivity index (χ1n) is 12.0. The molecule has 1 saturated heterocycles. The number of anilines is 1. The van der Waals surface area contributed by atoms with Crippen LogP contribution in [0.15, 0.2) is 59.6 Å². The summed E-state index contributed by atoms with van der Waals surface area (Å²) in [5, 5.41) is 17.6. The first-order chi connectivity index (χ1) is 15.7. The molecule has 0 saturated carbocycles. The standard InChI is InChI=1S/C26H37N5O/c1-2-27-26(29-23-13-16-31(17-14-23)24-10-4-3-5-11-24)28-18-25(32)20-30-15-12-21-8-6-7-9-22(21)19-30/h3-11,23,25,32H,2,12-20H2,1H3,(H2,27,28,29). The van der Waals surface area contributed by atoms with Gasteiger partial charge in [0.1, 0.15) is 0 Å². The average molecular weight is 436 g/mol. The summed E-state index contributed by atoms with van der Waals surface area (Å²) in [6.45, 7) is 7.96. The number of para-hydroxylation sites is 1. The van der Waals surface area contributed by atoms with E-state index >= 15 is 0 Å². The number of nitrogens with one attached hydrogen (secondary N) is 2. The lowest BCUT2D eigenvalue weighted by Crippen LogP contribution is -2.49. The number of aliphatic imine (C=N–C) groups is 1. The molecule has 1 atom stereocenters. The van der Waals surface area contributed by atoms with Gasteiger partial charge in [0.2, 0.25) is 0 Å².